The van der Waals surface area contributed by atoms with Gasteiger partial charge in [-0.05, 0) is 56.1 Å². The molecule has 2 fully saturated rings. The van der Waals surface area contributed by atoms with Crippen molar-refractivity contribution in [3.05, 3.63) is 33.9 Å². The monoisotopic (exact) mass is 274 g/mol. The summed E-state index contributed by atoms with van der Waals surface area (Å²) in [6.07, 6.45) is 8.04. The van der Waals surface area contributed by atoms with Gasteiger partial charge in [-0.3, -0.25) is 10.1 Å². The van der Waals surface area contributed by atoms with Crippen LogP contribution in [0.15, 0.2) is 18.2 Å². The maximum Gasteiger partial charge on any atom is 0.269 e. The van der Waals surface area contributed by atoms with Crippen molar-refractivity contribution in [3.8, 4) is 0 Å². The molecular weight excluding hydrogens is 252 g/mol. The highest BCUT2D eigenvalue weighted by Crippen LogP contribution is 2.44. The van der Waals surface area contributed by atoms with Crippen LogP contribution in [0.5, 0.6) is 0 Å². The molecule has 0 saturated heterocycles. The third-order valence-corrected chi connectivity index (χ3v) is 4.78. The number of rotatable bonds is 4. The summed E-state index contributed by atoms with van der Waals surface area (Å²) in [6, 6.07) is 5.64. The quantitative estimate of drug-likeness (QED) is 0.658. The van der Waals surface area contributed by atoms with Crippen molar-refractivity contribution in [1.82, 2.24) is 0 Å². The maximum atomic E-state index is 10.8. The van der Waals surface area contributed by atoms with E-state index in [4.69, 9.17) is 0 Å². The van der Waals surface area contributed by atoms with Crippen LogP contribution in [0, 0.1) is 28.9 Å². The number of benzene rings is 1. The van der Waals surface area contributed by atoms with Gasteiger partial charge in [-0.2, -0.15) is 0 Å². The average Bonchev–Trinajstić information content (AvgIpc) is 3.25. The Hall–Kier alpha value is -1.58. The Morgan fingerprint density at radius 1 is 1.20 bits per heavy atom. The van der Waals surface area contributed by atoms with Crippen LogP contribution in [0.3, 0.4) is 0 Å². The Morgan fingerprint density at radius 3 is 2.65 bits per heavy atom. The number of aryl methyl sites for hydroxylation is 1. The first-order chi connectivity index (χ1) is 9.63. The minimum atomic E-state index is -0.333. The molecule has 2 unspecified atom stereocenters. The van der Waals surface area contributed by atoms with E-state index < -0.39 is 0 Å². The first kappa shape index (κ1) is 13.4. The second kappa shape index (κ2) is 5.43. The first-order valence-corrected chi connectivity index (χ1v) is 7.65. The lowest BCUT2D eigenvalue weighted by molar-refractivity contribution is -0.384. The highest BCUT2D eigenvalue weighted by atomic mass is 16.6. The van der Waals surface area contributed by atoms with E-state index in [0.29, 0.717) is 6.04 Å². The van der Waals surface area contributed by atoms with Gasteiger partial charge in [0.1, 0.15) is 0 Å². The van der Waals surface area contributed by atoms with Crippen molar-refractivity contribution in [3.63, 3.8) is 0 Å². The molecule has 0 aliphatic heterocycles. The summed E-state index contributed by atoms with van der Waals surface area (Å²) < 4.78 is 0. The number of non-ortho nitro benzene ring substituents is 1. The SMILES string of the molecule is Cc1cc([N+](=O)[O-])ccc1NC1CCCC(C2CC2)C1. The fourth-order valence-corrected chi connectivity index (χ4v) is 3.50. The molecule has 3 rings (SSSR count). The molecule has 20 heavy (non-hydrogen) atoms. The smallest absolute Gasteiger partial charge is 0.269 e. The van der Waals surface area contributed by atoms with Crippen molar-refractivity contribution in [1.29, 1.82) is 0 Å². The van der Waals surface area contributed by atoms with Gasteiger partial charge in [0.25, 0.3) is 5.69 Å². The number of nitro benzene ring substituents is 1. The number of anilines is 1. The second-order valence-electron chi connectivity index (χ2n) is 6.36. The Morgan fingerprint density at radius 2 is 2.00 bits per heavy atom. The molecule has 2 aliphatic carbocycles. The molecule has 1 aromatic rings. The number of hydrogen-bond acceptors (Lipinski definition) is 3. The van der Waals surface area contributed by atoms with E-state index in [9.17, 15) is 10.1 Å². The molecule has 0 bridgehead atoms. The van der Waals surface area contributed by atoms with Gasteiger partial charge in [0, 0.05) is 23.9 Å². The third kappa shape index (κ3) is 2.94. The molecule has 0 spiro atoms. The van der Waals surface area contributed by atoms with Crippen LogP contribution in [0.25, 0.3) is 0 Å². The topological polar surface area (TPSA) is 55.2 Å². The van der Waals surface area contributed by atoms with Gasteiger partial charge in [-0.1, -0.05) is 12.8 Å². The third-order valence-electron chi connectivity index (χ3n) is 4.78. The minimum Gasteiger partial charge on any atom is -0.382 e. The van der Waals surface area contributed by atoms with Crippen LogP contribution < -0.4 is 5.32 Å². The van der Waals surface area contributed by atoms with Crippen LogP contribution in [0.4, 0.5) is 11.4 Å². The van der Waals surface area contributed by atoms with E-state index >= 15 is 0 Å². The minimum absolute atomic E-state index is 0.174. The standard InChI is InChI=1S/C16H22N2O2/c1-11-9-15(18(19)20)7-8-16(11)17-14-4-2-3-13(10-14)12-5-6-12/h7-9,12-14,17H,2-6,10H2,1H3. The predicted molar refractivity (Wildman–Crippen MR) is 79.9 cm³/mol. The molecule has 4 heteroatoms. The molecule has 0 radical (unpaired) electrons. The largest absolute Gasteiger partial charge is 0.382 e. The van der Waals surface area contributed by atoms with Gasteiger partial charge in [0.05, 0.1) is 4.92 Å². The highest BCUT2D eigenvalue weighted by Gasteiger charge is 2.34. The van der Waals surface area contributed by atoms with Gasteiger partial charge >= 0.3 is 0 Å². The van der Waals surface area contributed by atoms with E-state index in [2.05, 4.69) is 5.32 Å². The van der Waals surface area contributed by atoms with Crippen molar-refractivity contribution in [2.24, 2.45) is 11.8 Å². The number of hydrogen-bond donors (Lipinski definition) is 1. The van der Waals surface area contributed by atoms with Crippen LogP contribution in [-0.4, -0.2) is 11.0 Å². The van der Waals surface area contributed by atoms with Crippen LogP contribution in [0.2, 0.25) is 0 Å². The summed E-state index contributed by atoms with van der Waals surface area (Å²) in [4.78, 5) is 10.4. The Bertz CT molecular complexity index is 511. The van der Waals surface area contributed by atoms with Gasteiger partial charge < -0.3 is 5.32 Å². The molecule has 0 aromatic heterocycles. The molecule has 2 aliphatic rings. The number of nitro groups is 1. The Balaban J connectivity index is 1.66. The number of nitrogens with one attached hydrogen (secondary N) is 1. The summed E-state index contributed by atoms with van der Waals surface area (Å²) in [5, 5.41) is 14.4. The van der Waals surface area contributed by atoms with E-state index in [1.54, 1.807) is 12.1 Å². The zero-order chi connectivity index (χ0) is 14.1. The number of nitrogens with zero attached hydrogens (tertiary/aromatic N) is 1. The highest BCUT2D eigenvalue weighted by molar-refractivity contribution is 5.55. The van der Waals surface area contributed by atoms with Gasteiger partial charge in [0.2, 0.25) is 0 Å². The molecule has 1 aromatic carbocycles. The lowest BCUT2D eigenvalue weighted by atomic mass is 9.82. The molecule has 108 valence electrons. The van der Waals surface area contributed by atoms with Gasteiger partial charge in [-0.25, -0.2) is 0 Å². The Kier molecular flexibility index (Phi) is 3.64. The summed E-state index contributed by atoms with van der Waals surface area (Å²) >= 11 is 0. The second-order valence-corrected chi connectivity index (χ2v) is 6.36. The van der Waals surface area contributed by atoms with E-state index in [0.717, 1.165) is 23.1 Å². The van der Waals surface area contributed by atoms with E-state index in [-0.39, 0.29) is 10.6 Å². The lowest BCUT2D eigenvalue weighted by Crippen LogP contribution is -2.28. The van der Waals surface area contributed by atoms with Crippen molar-refractivity contribution < 1.29 is 4.92 Å². The van der Waals surface area contributed by atoms with E-state index in [1.165, 1.54) is 38.5 Å². The molecule has 0 amide bonds. The van der Waals surface area contributed by atoms with Gasteiger partial charge in [-0.15, -0.1) is 0 Å². The molecule has 2 saturated carbocycles. The fourth-order valence-electron chi connectivity index (χ4n) is 3.50. The molecular formula is C16H22N2O2. The molecule has 0 heterocycles. The molecule has 1 N–H and O–H groups in total. The van der Waals surface area contributed by atoms with Crippen LogP contribution in [-0.2, 0) is 0 Å². The zero-order valence-corrected chi connectivity index (χ0v) is 12.0. The summed E-state index contributed by atoms with van der Waals surface area (Å²) in [5.74, 6) is 1.89. The molecule has 2 atom stereocenters. The fraction of sp³-hybridized carbons (Fsp3) is 0.625. The average molecular weight is 274 g/mol. The van der Waals surface area contributed by atoms with Crippen LogP contribution >= 0.6 is 0 Å². The lowest BCUT2D eigenvalue weighted by Gasteiger charge is -2.31. The predicted octanol–water partition coefficient (Wildman–Crippen LogP) is 4.28. The first-order valence-electron chi connectivity index (χ1n) is 7.65. The maximum absolute atomic E-state index is 10.8. The Labute approximate surface area is 119 Å². The van der Waals surface area contributed by atoms with Crippen molar-refractivity contribution >= 4 is 11.4 Å². The summed E-state index contributed by atoms with van der Waals surface area (Å²) in [6.45, 7) is 1.94. The normalized spacial score (nSPS) is 26.2. The van der Waals surface area contributed by atoms with Crippen molar-refractivity contribution in [2.75, 3.05) is 5.32 Å². The molecule has 4 nitrogen and oxygen atoms in total. The van der Waals surface area contributed by atoms with Gasteiger partial charge in [0.15, 0.2) is 0 Å². The van der Waals surface area contributed by atoms with Crippen molar-refractivity contribution in [2.45, 2.75) is 51.5 Å². The zero-order valence-electron chi connectivity index (χ0n) is 12.0. The van der Waals surface area contributed by atoms with E-state index in [1.807, 2.05) is 13.0 Å². The summed E-state index contributed by atoms with van der Waals surface area (Å²) in [7, 11) is 0. The van der Waals surface area contributed by atoms with Crippen LogP contribution in [0.1, 0.15) is 44.1 Å². The summed E-state index contributed by atoms with van der Waals surface area (Å²) in [5.41, 5.74) is 2.19.